The number of hydrogen-bond donors (Lipinski definition) is 2. The van der Waals surface area contributed by atoms with Crippen molar-refractivity contribution < 1.29 is 23.7 Å². The summed E-state index contributed by atoms with van der Waals surface area (Å²) in [5, 5.41) is 8.61. The molecule has 0 spiro atoms. The van der Waals surface area contributed by atoms with Gasteiger partial charge in [0.2, 0.25) is 5.91 Å². The number of carboxylic acid groups (broad SMARTS) is 1. The summed E-state index contributed by atoms with van der Waals surface area (Å²) >= 11 is 0. The number of para-hydroxylation sites is 1. The van der Waals surface area contributed by atoms with Crippen LogP contribution in [0.3, 0.4) is 0 Å². The van der Waals surface area contributed by atoms with Crippen LogP contribution in [-0.2, 0) is 25.2 Å². The van der Waals surface area contributed by atoms with Gasteiger partial charge in [-0.25, -0.2) is 4.79 Å². The van der Waals surface area contributed by atoms with Crippen molar-refractivity contribution in [2.24, 2.45) is 5.73 Å². The number of hydrogen-bond acceptors (Lipinski definition) is 5. The lowest BCUT2D eigenvalue weighted by Crippen LogP contribution is -2.73. The maximum atomic E-state index is 12.9. The first kappa shape index (κ1) is 17.6. The third-order valence-electron chi connectivity index (χ3n) is 4.72. The molecule has 2 aliphatic heterocycles. The summed E-state index contributed by atoms with van der Waals surface area (Å²) in [4.78, 5) is 39.1. The zero-order valence-electron chi connectivity index (χ0n) is 13.8. The van der Waals surface area contributed by atoms with E-state index in [-0.39, 0.29) is 6.54 Å². The molecule has 3 rings (SSSR count). The van der Waals surface area contributed by atoms with Gasteiger partial charge in [0.05, 0.1) is 22.1 Å². The standard InChI is InChI=1S/C16H19N3O5S/c1-16(2)12(15(22)23)19-13(21)11(14(19)25(16)24)18(10(20)8-17)9-6-4-3-5-7-9/h3-7,11-12,14H,8,17H2,1-2H3,(H,22,23)/t11?,12?,14-,25?/m0/s1. The Bertz CT molecular complexity index is 766. The van der Waals surface area contributed by atoms with Crippen molar-refractivity contribution in [3.63, 3.8) is 0 Å². The van der Waals surface area contributed by atoms with E-state index in [1.165, 1.54) is 4.90 Å². The minimum Gasteiger partial charge on any atom is -0.480 e. The zero-order chi connectivity index (χ0) is 18.5. The normalized spacial score (nSPS) is 29.7. The maximum Gasteiger partial charge on any atom is 0.328 e. The van der Waals surface area contributed by atoms with E-state index in [2.05, 4.69) is 0 Å². The summed E-state index contributed by atoms with van der Waals surface area (Å²) in [5.41, 5.74) is 5.95. The number of aliphatic carboxylic acids is 1. The lowest BCUT2D eigenvalue weighted by molar-refractivity contribution is -0.159. The second kappa shape index (κ2) is 5.92. The van der Waals surface area contributed by atoms with Crippen LogP contribution in [0.4, 0.5) is 5.69 Å². The summed E-state index contributed by atoms with van der Waals surface area (Å²) in [6, 6.07) is 6.30. The molecule has 9 heteroatoms. The molecule has 0 bridgehead atoms. The van der Waals surface area contributed by atoms with E-state index in [1.54, 1.807) is 44.2 Å². The average molecular weight is 365 g/mol. The van der Waals surface area contributed by atoms with Gasteiger partial charge in [0, 0.05) is 5.69 Å². The molecular formula is C16H19N3O5S. The first-order chi connectivity index (χ1) is 11.7. The monoisotopic (exact) mass is 365 g/mol. The number of rotatable bonds is 4. The molecule has 25 heavy (non-hydrogen) atoms. The first-order valence-corrected chi connectivity index (χ1v) is 8.97. The zero-order valence-corrected chi connectivity index (χ0v) is 14.6. The fraction of sp³-hybridized carbons (Fsp3) is 0.438. The number of β-lactam (4-membered cyclic amide) rings is 1. The Balaban J connectivity index is 2.04. The van der Waals surface area contributed by atoms with Gasteiger partial charge in [0.1, 0.15) is 17.5 Å². The number of amides is 2. The van der Waals surface area contributed by atoms with Gasteiger partial charge in [-0.1, -0.05) is 18.2 Å². The number of nitrogens with two attached hydrogens (primary N) is 1. The van der Waals surface area contributed by atoms with E-state index in [0.717, 1.165) is 4.90 Å². The summed E-state index contributed by atoms with van der Waals surface area (Å²) < 4.78 is 11.8. The SMILES string of the molecule is CC1(C)C(C(=O)O)N2C(=O)C(N(C(=O)CN)c3ccccc3)[C@@H]2S1=O. The van der Waals surface area contributed by atoms with Crippen LogP contribution in [0.2, 0.25) is 0 Å². The lowest BCUT2D eigenvalue weighted by Gasteiger charge is -2.47. The highest BCUT2D eigenvalue weighted by molar-refractivity contribution is 7.87. The largest absolute Gasteiger partial charge is 0.480 e. The molecule has 0 aromatic heterocycles. The van der Waals surface area contributed by atoms with Crippen LogP contribution in [-0.4, -0.2) is 60.7 Å². The predicted molar refractivity (Wildman–Crippen MR) is 91.0 cm³/mol. The van der Waals surface area contributed by atoms with E-state index >= 15 is 0 Å². The fourth-order valence-electron chi connectivity index (χ4n) is 3.52. The summed E-state index contributed by atoms with van der Waals surface area (Å²) in [6.07, 6.45) is 0. The van der Waals surface area contributed by atoms with Crippen LogP contribution in [0, 0.1) is 0 Å². The van der Waals surface area contributed by atoms with Crippen LogP contribution in [0.1, 0.15) is 13.8 Å². The number of benzene rings is 1. The van der Waals surface area contributed by atoms with Crippen molar-refractivity contribution in [1.29, 1.82) is 0 Å². The van der Waals surface area contributed by atoms with Crippen molar-refractivity contribution in [3.8, 4) is 0 Å². The molecule has 134 valence electrons. The maximum absolute atomic E-state index is 12.9. The summed E-state index contributed by atoms with van der Waals surface area (Å²) in [6.45, 7) is 2.80. The highest BCUT2D eigenvalue weighted by Crippen LogP contribution is 2.45. The van der Waals surface area contributed by atoms with Crippen molar-refractivity contribution in [3.05, 3.63) is 30.3 Å². The van der Waals surface area contributed by atoms with Crippen LogP contribution in [0.25, 0.3) is 0 Å². The molecule has 2 saturated heterocycles. The van der Waals surface area contributed by atoms with Crippen LogP contribution in [0.15, 0.2) is 30.3 Å². The van der Waals surface area contributed by atoms with Gasteiger partial charge in [-0.05, 0) is 26.0 Å². The van der Waals surface area contributed by atoms with E-state index in [9.17, 15) is 23.7 Å². The molecular weight excluding hydrogens is 346 g/mol. The number of carbonyl (C=O) groups is 3. The average Bonchev–Trinajstić information content (AvgIpc) is 2.77. The van der Waals surface area contributed by atoms with Crippen molar-refractivity contribution >= 4 is 34.3 Å². The third-order valence-corrected chi connectivity index (χ3v) is 6.90. The van der Waals surface area contributed by atoms with Gasteiger partial charge in [0.25, 0.3) is 5.91 Å². The number of carboxylic acids is 1. The van der Waals surface area contributed by atoms with Crippen LogP contribution >= 0.6 is 0 Å². The summed E-state index contributed by atoms with van der Waals surface area (Å²) in [5.74, 6) is -2.22. The van der Waals surface area contributed by atoms with Crippen LogP contribution in [0.5, 0.6) is 0 Å². The van der Waals surface area contributed by atoms with Gasteiger partial charge in [-0.3, -0.25) is 18.7 Å². The molecule has 1 aromatic rings. The smallest absolute Gasteiger partial charge is 0.328 e. The molecule has 1 aromatic carbocycles. The van der Waals surface area contributed by atoms with Gasteiger partial charge in [-0.15, -0.1) is 0 Å². The van der Waals surface area contributed by atoms with Gasteiger partial charge in [-0.2, -0.15) is 0 Å². The highest BCUT2D eigenvalue weighted by atomic mass is 32.2. The fourth-order valence-corrected chi connectivity index (χ4v) is 5.48. The highest BCUT2D eigenvalue weighted by Gasteiger charge is 2.69. The first-order valence-electron chi connectivity index (χ1n) is 7.76. The van der Waals surface area contributed by atoms with E-state index in [1.807, 2.05) is 0 Å². The van der Waals surface area contributed by atoms with Crippen molar-refractivity contribution in [2.45, 2.75) is 36.1 Å². The number of anilines is 1. The topological polar surface area (TPSA) is 121 Å². The Labute approximate surface area is 147 Å². The number of carbonyl (C=O) groups excluding carboxylic acids is 2. The second-order valence-electron chi connectivity index (χ2n) is 6.53. The van der Waals surface area contributed by atoms with Gasteiger partial charge in [0.15, 0.2) is 0 Å². The van der Waals surface area contributed by atoms with E-state index in [4.69, 9.17) is 5.73 Å². The molecule has 8 nitrogen and oxygen atoms in total. The van der Waals surface area contributed by atoms with Crippen LogP contribution < -0.4 is 10.6 Å². The molecule has 2 fully saturated rings. The van der Waals surface area contributed by atoms with E-state index < -0.39 is 50.8 Å². The van der Waals surface area contributed by atoms with Gasteiger partial charge >= 0.3 is 5.97 Å². The predicted octanol–water partition coefficient (Wildman–Crippen LogP) is -0.491. The van der Waals surface area contributed by atoms with E-state index in [0.29, 0.717) is 5.69 Å². The molecule has 0 aliphatic carbocycles. The van der Waals surface area contributed by atoms with Crippen molar-refractivity contribution in [2.75, 3.05) is 11.4 Å². The Morgan fingerprint density at radius 2 is 1.92 bits per heavy atom. The molecule has 0 saturated carbocycles. The Hall–Kier alpha value is -2.26. The molecule has 2 heterocycles. The minimum atomic E-state index is -1.65. The molecule has 3 unspecified atom stereocenters. The summed E-state index contributed by atoms with van der Waals surface area (Å²) in [7, 11) is -1.65. The third kappa shape index (κ3) is 2.37. The Morgan fingerprint density at radius 3 is 2.44 bits per heavy atom. The van der Waals surface area contributed by atoms with Gasteiger partial charge < -0.3 is 15.7 Å². The Morgan fingerprint density at radius 1 is 1.32 bits per heavy atom. The lowest BCUT2D eigenvalue weighted by atomic mass is 9.95. The molecule has 0 radical (unpaired) electrons. The molecule has 4 atom stereocenters. The quantitative estimate of drug-likeness (QED) is 0.695. The minimum absolute atomic E-state index is 0.316. The second-order valence-corrected chi connectivity index (χ2v) is 8.66. The number of nitrogens with zero attached hydrogens (tertiary/aromatic N) is 2. The Kier molecular flexibility index (Phi) is 4.16. The number of fused-ring (bicyclic) bond motifs is 1. The molecule has 2 aliphatic rings. The molecule has 3 N–H and O–H groups in total. The molecule has 2 amide bonds. The van der Waals surface area contributed by atoms with Crippen molar-refractivity contribution in [1.82, 2.24) is 4.90 Å².